The fraction of sp³-hybridized carbons (Fsp3) is 0.429. The molecule has 2 rings (SSSR count). The van der Waals surface area contributed by atoms with Gasteiger partial charge in [0.05, 0.1) is 19.1 Å². The van der Waals surface area contributed by atoms with E-state index in [0.717, 1.165) is 11.3 Å². The molecular formula is C14H16O4. The van der Waals surface area contributed by atoms with Crippen molar-refractivity contribution in [3.8, 4) is 5.75 Å². The fourth-order valence-corrected chi connectivity index (χ4v) is 2.03. The Bertz CT molecular complexity index is 453. The smallest absolute Gasteiger partial charge is 0.313 e. The van der Waals surface area contributed by atoms with E-state index < -0.39 is 5.97 Å². The number of carbonyl (C=O) groups is 2. The second-order valence-electron chi connectivity index (χ2n) is 4.27. The van der Waals surface area contributed by atoms with E-state index in [4.69, 9.17) is 9.47 Å². The summed E-state index contributed by atoms with van der Waals surface area (Å²) in [5, 5.41) is 0. The summed E-state index contributed by atoms with van der Waals surface area (Å²) in [5.74, 6) is 0.0197. The Morgan fingerprint density at radius 1 is 1.39 bits per heavy atom. The van der Waals surface area contributed by atoms with Gasteiger partial charge in [-0.3, -0.25) is 9.59 Å². The van der Waals surface area contributed by atoms with E-state index in [9.17, 15) is 9.59 Å². The maximum atomic E-state index is 11.9. The van der Waals surface area contributed by atoms with Crippen LogP contribution in [0.3, 0.4) is 0 Å². The SMILES string of the molecule is CCOC(=O)CC(=O)C1COc2ccccc2C1. The van der Waals surface area contributed by atoms with E-state index >= 15 is 0 Å². The molecule has 0 spiro atoms. The van der Waals surface area contributed by atoms with Gasteiger partial charge in [0, 0.05) is 0 Å². The maximum Gasteiger partial charge on any atom is 0.313 e. The molecule has 0 radical (unpaired) electrons. The molecule has 0 fully saturated rings. The van der Waals surface area contributed by atoms with Crippen molar-refractivity contribution in [2.75, 3.05) is 13.2 Å². The fourth-order valence-electron chi connectivity index (χ4n) is 2.03. The Hall–Kier alpha value is -1.84. The highest BCUT2D eigenvalue weighted by Crippen LogP contribution is 2.27. The van der Waals surface area contributed by atoms with Crippen molar-refractivity contribution in [3.05, 3.63) is 29.8 Å². The zero-order valence-electron chi connectivity index (χ0n) is 10.3. The number of hydrogen-bond donors (Lipinski definition) is 0. The second-order valence-corrected chi connectivity index (χ2v) is 4.27. The van der Waals surface area contributed by atoms with E-state index in [1.807, 2.05) is 24.3 Å². The van der Waals surface area contributed by atoms with Gasteiger partial charge in [0.25, 0.3) is 0 Å². The summed E-state index contributed by atoms with van der Waals surface area (Å²) in [7, 11) is 0. The summed E-state index contributed by atoms with van der Waals surface area (Å²) < 4.78 is 10.3. The molecule has 18 heavy (non-hydrogen) atoms. The average Bonchev–Trinajstić information content (AvgIpc) is 2.38. The minimum absolute atomic E-state index is 0.108. The van der Waals surface area contributed by atoms with Gasteiger partial charge in [-0.05, 0) is 25.0 Å². The molecule has 96 valence electrons. The van der Waals surface area contributed by atoms with Crippen molar-refractivity contribution in [2.24, 2.45) is 5.92 Å². The van der Waals surface area contributed by atoms with E-state index in [1.165, 1.54) is 0 Å². The average molecular weight is 248 g/mol. The van der Waals surface area contributed by atoms with Gasteiger partial charge < -0.3 is 9.47 Å². The number of ether oxygens (including phenoxy) is 2. The third kappa shape index (κ3) is 2.88. The lowest BCUT2D eigenvalue weighted by molar-refractivity contribution is -0.146. The lowest BCUT2D eigenvalue weighted by atomic mass is 9.92. The van der Waals surface area contributed by atoms with Crippen LogP contribution in [0.1, 0.15) is 18.9 Å². The lowest BCUT2D eigenvalue weighted by Gasteiger charge is -2.23. The summed E-state index contributed by atoms with van der Waals surface area (Å²) in [6.45, 7) is 2.37. The van der Waals surface area contributed by atoms with Crippen molar-refractivity contribution >= 4 is 11.8 Å². The molecule has 0 saturated carbocycles. The molecule has 1 unspecified atom stereocenters. The Balaban J connectivity index is 1.96. The Morgan fingerprint density at radius 3 is 2.94 bits per heavy atom. The van der Waals surface area contributed by atoms with E-state index in [0.29, 0.717) is 19.6 Å². The monoisotopic (exact) mass is 248 g/mol. The van der Waals surface area contributed by atoms with Crippen molar-refractivity contribution in [2.45, 2.75) is 19.8 Å². The van der Waals surface area contributed by atoms with Gasteiger partial charge >= 0.3 is 5.97 Å². The number of Topliss-reactive ketones (excluding diaryl/α,β-unsaturated/α-hetero) is 1. The normalized spacial score (nSPS) is 17.5. The van der Waals surface area contributed by atoms with Gasteiger partial charge in [0.2, 0.25) is 0 Å². The van der Waals surface area contributed by atoms with Crippen LogP contribution in [-0.4, -0.2) is 25.0 Å². The van der Waals surface area contributed by atoms with Crippen LogP contribution in [0, 0.1) is 5.92 Å². The van der Waals surface area contributed by atoms with Crippen LogP contribution < -0.4 is 4.74 Å². The molecule has 0 aliphatic carbocycles. The third-order valence-corrected chi connectivity index (χ3v) is 2.96. The lowest BCUT2D eigenvalue weighted by Crippen LogP contribution is -2.30. The molecule has 0 aromatic heterocycles. The first-order valence-electron chi connectivity index (χ1n) is 6.09. The quantitative estimate of drug-likeness (QED) is 0.602. The molecule has 1 aromatic rings. The number of carbonyl (C=O) groups excluding carboxylic acids is 2. The minimum Gasteiger partial charge on any atom is -0.493 e. The molecule has 4 nitrogen and oxygen atoms in total. The zero-order valence-corrected chi connectivity index (χ0v) is 10.3. The van der Waals surface area contributed by atoms with Crippen LogP contribution in [0.15, 0.2) is 24.3 Å². The molecule has 1 heterocycles. The summed E-state index contributed by atoms with van der Waals surface area (Å²) >= 11 is 0. The first kappa shape index (κ1) is 12.6. The summed E-state index contributed by atoms with van der Waals surface area (Å²) in [5.41, 5.74) is 1.02. The number of rotatable bonds is 4. The predicted molar refractivity (Wildman–Crippen MR) is 65.4 cm³/mol. The number of hydrogen-bond acceptors (Lipinski definition) is 4. The molecule has 1 atom stereocenters. The highest BCUT2D eigenvalue weighted by Gasteiger charge is 2.27. The molecule has 0 saturated heterocycles. The molecule has 0 N–H and O–H groups in total. The topological polar surface area (TPSA) is 52.6 Å². The van der Waals surface area contributed by atoms with Crippen molar-refractivity contribution in [3.63, 3.8) is 0 Å². The Labute approximate surface area is 106 Å². The number of para-hydroxylation sites is 1. The predicted octanol–water partition coefficient (Wildman–Crippen LogP) is 1.76. The molecule has 1 aliphatic rings. The molecule has 0 amide bonds. The van der Waals surface area contributed by atoms with Crippen LogP contribution in [-0.2, 0) is 20.7 Å². The standard InChI is InChI=1S/C14H16O4/c1-2-17-14(16)8-12(15)11-7-10-5-3-4-6-13(10)18-9-11/h3-6,11H,2,7-9H2,1H3. The highest BCUT2D eigenvalue weighted by atomic mass is 16.5. The van der Waals surface area contributed by atoms with Gasteiger partial charge in [-0.15, -0.1) is 0 Å². The molecule has 1 aromatic carbocycles. The molecule has 4 heteroatoms. The number of fused-ring (bicyclic) bond motifs is 1. The number of esters is 1. The zero-order chi connectivity index (χ0) is 13.0. The molecular weight excluding hydrogens is 232 g/mol. The van der Waals surface area contributed by atoms with Crippen LogP contribution in [0.4, 0.5) is 0 Å². The summed E-state index contributed by atoms with van der Waals surface area (Å²) in [4.78, 5) is 23.2. The third-order valence-electron chi connectivity index (χ3n) is 2.96. The largest absolute Gasteiger partial charge is 0.493 e. The van der Waals surface area contributed by atoms with E-state index in [2.05, 4.69) is 0 Å². The van der Waals surface area contributed by atoms with Gasteiger partial charge in [0.15, 0.2) is 5.78 Å². The maximum absolute atomic E-state index is 11.9. The van der Waals surface area contributed by atoms with Crippen molar-refractivity contribution in [1.29, 1.82) is 0 Å². The highest BCUT2D eigenvalue weighted by molar-refractivity contribution is 5.97. The first-order valence-corrected chi connectivity index (χ1v) is 6.09. The summed E-state index contributed by atoms with van der Waals surface area (Å²) in [6.07, 6.45) is 0.471. The van der Waals surface area contributed by atoms with E-state index in [1.54, 1.807) is 6.92 Å². The molecule has 0 bridgehead atoms. The van der Waals surface area contributed by atoms with Gasteiger partial charge in [0.1, 0.15) is 12.2 Å². The Morgan fingerprint density at radius 2 is 2.17 bits per heavy atom. The number of ketones is 1. The van der Waals surface area contributed by atoms with Crippen LogP contribution in [0.25, 0.3) is 0 Å². The Kier molecular flexibility index (Phi) is 3.97. The van der Waals surface area contributed by atoms with Crippen molar-refractivity contribution < 1.29 is 19.1 Å². The first-order chi connectivity index (χ1) is 8.70. The summed E-state index contributed by atoms with van der Waals surface area (Å²) in [6, 6.07) is 7.65. The van der Waals surface area contributed by atoms with E-state index in [-0.39, 0.29) is 18.1 Å². The van der Waals surface area contributed by atoms with Gasteiger partial charge in [-0.25, -0.2) is 0 Å². The van der Waals surface area contributed by atoms with Crippen LogP contribution in [0.2, 0.25) is 0 Å². The molecule has 1 aliphatic heterocycles. The van der Waals surface area contributed by atoms with Crippen LogP contribution >= 0.6 is 0 Å². The number of benzene rings is 1. The van der Waals surface area contributed by atoms with Gasteiger partial charge in [-0.2, -0.15) is 0 Å². The van der Waals surface area contributed by atoms with Gasteiger partial charge in [-0.1, -0.05) is 18.2 Å². The van der Waals surface area contributed by atoms with Crippen molar-refractivity contribution in [1.82, 2.24) is 0 Å². The minimum atomic E-state index is -0.457. The second kappa shape index (κ2) is 5.67. The van der Waals surface area contributed by atoms with Crippen LogP contribution in [0.5, 0.6) is 5.75 Å².